The Morgan fingerprint density at radius 3 is 2.09 bits per heavy atom. The van der Waals surface area contributed by atoms with E-state index in [0.29, 0.717) is 0 Å². The Kier molecular flexibility index (Phi) is 11.4. The van der Waals surface area contributed by atoms with E-state index in [9.17, 15) is 4.79 Å². The predicted molar refractivity (Wildman–Crippen MR) is 167 cm³/mol. The largest absolute Gasteiger partial charge is 0.450 e. The van der Waals surface area contributed by atoms with Crippen molar-refractivity contribution in [2.24, 2.45) is 0 Å². The van der Waals surface area contributed by atoms with E-state index in [2.05, 4.69) is 12.1 Å². The number of rotatable bonds is 10. The Balaban J connectivity index is 1.45. The fourth-order valence-corrected chi connectivity index (χ4v) is 8.21. The van der Waals surface area contributed by atoms with E-state index < -0.39 is 59.3 Å². The average molecular weight is 653 g/mol. The normalized spacial score (nSPS) is 35.3. The lowest BCUT2D eigenvalue weighted by molar-refractivity contribution is -0.297. The second-order valence-corrected chi connectivity index (χ2v) is 14.1. The van der Waals surface area contributed by atoms with Gasteiger partial charge in [0, 0.05) is 24.0 Å². The van der Waals surface area contributed by atoms with Crippen LogP contribution in [-0.4, -0.2) is 97.9 Å². The molecule has 236 valence electrons. The van der Waals surface area contributed by atoms with Crippen molar-refractivity contribution in [3.63, 3.8) is 0 Å². The molecular formula is C31H40O9S3. The molecule has 3 saturated heterocycles. The van der Waals surface area contributed by atoms with Crippen LogP contribution in [0.3, 0.4) is 0 Å². The molecule has 0 spiro atoms. The minimum Gasteiger partial charge on any atom is -0.450 e. The first-order valence-electron chi connectivity index (χ1n) is 14.2. The molecule has 2 aromatic carbocycles. The molecule has 3 aliphatic rings. The van der Waals surface area contributed by atoms with E-state index in [-0.39, 0.29) is 18.1 Å². The zero-order valence-corrected chi connectivity index (χ0v) is 27.6. The first-order chi connectivity index (χ1) is 20.7. The third kappa shape index (κ3) is 7.92. The molecule has 0 N–H and O–H groups in total. The summed E-state index contributed by atoms with van der Waals surface area (Å²) in [6.07, 6.45) is -2.68. The Labute approximate surface area is 266 Å². The summed E-state index contributed by atoms with van der Waals surface area (Å²) in [4.78, 5) is 14.7. The van der Waals surface area contributed by atoms with E-state index in [1.165, 1.54) is 11.8 Å². The quantitative estimate of drug-likeness (QED) is 0.289. The van der Waals surface area contributed by atoms with Crippen molar-refractivity contribution in [3.8, 4) is 0 Å². The summed E-state index contributed by atoms with van der Waals surface area (Å²) in [7, 11) is 3.18. The van der Waals surface area contributed by atoms with Gasteiger partial charge in [-0.2, -0.15) is 0 Å². The number of hydrogen-bond donors (Lipinski definition) is 0. The maximum absolute atomic E-state index is 12.7. The molecule has 0 radical (unpaired) electrons. The van der Waals surface area contributed by atoms with Gasteiger partial charge in [0.1, 0.15) is 47.3 Å². The van der Waals surface area contributed by atoms with E-state index >= 15 is 0 Å². The molecule has 0 saturated carbocycles. The first kappa shape index (κ1) is 33.1. The van der Waals surface area contributed by atoms with Crippen LogP contribution in [0.15, 0.2) is 70.5 Å². The lowest BCUT2D eigenvalue weighted by Gasteiger charge is -2.48. The highest BCUT2D eigenvalue weighted by molar-refractivity contribution is 8.12. The van der Waals surface area contributed by atoms with Gasteiger partial charge >= 0.3 is 5.30 Å². The molecule has 0 aromatic heterocycles. The van der Waals surface area contributed by atoms with Crippen molar-refractivity contribution in [2.75, 3.05) is 27.1 Å². The van der Waals surface area contributed by atoms with Crippen LogP contribution < -0.4 is 0 Å². The molecule has 0 aliphatic carbocycles. The number of thioether (sulfide) groups is 3. The monoisotopic (exact) mass is 652 g/mol. The zero-order valence-electron chi connectivity index (χ0n) is 25.2. The summed E-state index contributed by atoms with van der Waals surface area (Å²) in [6.45, 7) is 6.00. The molecule has 5 rings (SSSR count). The zero-order chi connectivity index (χ0) is 30.6. The lowest BCUT2D eigenvalue weighted by atomic mass is 9.98. The smallest absolute Gasteiger partial charge is 0.367 e. The molecule has 3 fully saturated rings. The lowest BCUT2D eigenvalue weighted by Crippen LogP contribution is -2.63. The Bertz CT molecular complexity index is 1170. The van der Waals surface area contributed by atoms with Gasteiger partial charge in [0.15, 0.2) is 12.1 Å². The van der Waals surface area contributed by atoms with Gasteiger partial charge in [0.05, 0.1) is 12.7 Å². The average Bonchev–Trinajstić information content (AvgIpc) is 3.33. The molecule has 9 nitrogen and oxygen atoms in total. The number of hydrogen-bond acceptors (Lipinski definition) is 12. The molecule has 0 bridgehead atoms. The minimum atomic E-state index is -0.832. The molecular weight excluding hydrogens is 613 g/mol. The molecule has 3 heterocycles. The molecule has 0 amide bonds. The topological polar surface area (TPSA) is 90.9 Å². The van der Waals surface area contributed by atoms with Crippen molar-refractivity contribution in [1.82, 2.24) is 0 Å². The number of benzene rings is 2. The van der Waals surface area contributed by atoms with Crippen LogP contribution in [0.25, 0.3) is 0 Å². The highest BCUT2D eigenvalue weighted by Gasteiger charge is 2.57. The van der Waals surface area contributed by atoms with E-state index in [1.54, 1.807) is 32.2 Å². The van der Waals surface area contributed by atoms with Crippen LogP contribution >= 0.6 is 35.3 Å². The Morgan fingerprint density at radius 2 is 1.49 bits per heavy atom. The second-order valence-electron chi connectivity index (χ2n) is 10.9. The molecule has 43 heavy (non-hydrogen) atoms. The van der Waals surface area contributed by atoms with Gasteiger partial charge in [-0.1, -0.05) is 48.2 Å². The van der Waals surface area contributed by atoms with E-state index in [4.69, 9.17) is 37.9 Å². The fourth-order valence-electron chi connectivity index (χ4n) is 5.63. The molecule has 12 heteroatoms. The van der Waals surface area contributed by atoms with E-state index in [0.717, 1.165) is 21.6 Å². The van der Waals surface area contributed by atoms with Crippen molar-refractivity contribution < 1.29 is 42.7 Å². The molecule has 2 aromatic rings. The summed E-state index contributed by atoms with van der Waals surface area (Å²) in [6, 6.07) is 20.0. The van der Waals surface area contributed by atoms with Gasteiger partial charge < -0.3 is 37.9 Å². The number of fused-ring (bicyclic) bond motifs is 1. The molecule has 10 atom stereocenters. The van der Waals surface area contributed by atoms with Crippen LogP contribution in [0, 0.1) is 0 Å². The highest BCUT2D eigenvalue weighted by atomic mass is 32.2. The summed E-state index contributed by atoms with van der Waals surface area (Å²) in [5.74, 6) is -0.832. The van der Waals surface area contributed by atoms with Crippen molar-refractivity contribution in [3.05, 3.63) is 60.7 Å². The standard InChI is InChI=1S/C31H40O9S3/c1-18-22(24-26(40-31(2,3)39-24)29(35-18)43-20-15-11-8-12-16-20)37-28-27(42-19-13-9-7-10-14-19)25(38-30(32)41-6)23(34-5)21(36-28)17-33-4/h7-16,18,21-29H,17H2,1-6H3/t18-,21+,22-,23+,24+,25-,26+,27+,28-,29-/m0/s1. The van der Waals surface area contributed by atoms with Crippen LogP contribution in [-0.2, 0) is 37.9 Å². The summed E-state index contributed by atoms with van der Waals surface area (Å²) >= 11 is 4.13. The summed E-state index contributed by atoms with van der Waals surface area (Å²) in [5, 5.41) is -0.888. The number of carbonyl (C=O) groups is 1. The Morgan fingerprint density at radius 1 is 0.860 bits per heavy atom. The third-order valence-electron chi connectivity index (χ3n) is 7.46. The summed E-state index contributed by atoms with van der Waals surface area (Å²) < 4.78 is 50.3. The minimum absolute atomic E-state index is 0.222. The number of methoxy groups -OCH3 is 2. The molecule has 3 aliphatic heterocycles. The first-order valence-corrected chi connectivity index (χ1v) is 17.2. The third-order valence-corrected chi connectivity index (χ3v) is 10.4. The van der Waals surface area contributed by atoms with Crippen molar-refractivity contribution in [2.45, 2.75) is 96.1 Å². The van der Waals surface area contributed by atoms with Crippen LogP contribution in [0.1, 0.15) is 20.8 Å². The summed E-state index contributed by atoms with van der Waals surface area (Å²) in [5.41, 5.74) is -0.305. The number of ether oxygens (including phenoxy) is 8. The highest BCUT2D eigenvalue weighted by Crippen LogP contribution is 2.46. The van der Waals surface area contributed by atoms with Gasteiger partial charge in [-0.3, -0.25) is 0 Å². The van der Waals surface area contributed by atoms with Crippen molar-refractivity contribution in [1.29, 1.82) is 0 Å². The fraction of sp³-hybridized carbons (Fsp3) is 0.581. The van der Waals surface area contributed by atoms with Gasteiger partial charge in [0.2, 0.25) is 0 Å². The SMILES string of the molecule is COC[C@H]1O[C@@H](O[C@@H]2[C@H]3OC(C)(C)O[C@H]3[C@H](Sc3ccccc3)O[C@H]2C)[C@H](Sc2ccccc2)[C@@H](OC(=O)SC)[C@@H]1OC. The predicted octanol–water partition coefficient (Wildman–Crippen LogP) is 5.84. The van der Waals surface area contributed by atoms with E-state index in [1.807, 2.05) is 69.3 Å². The van der Waals surface area contributed by atoms with Crippen molar-refractivity contribution >= 4 is 40.6 Å². The van der Waals surface area contributed by atoms with Gasteiger partial charge in [0.25, 0.3) is 0 Å². The van der Waals surface area contributed by atoms with Crippen LogP contribution in [0.4, 0.5) is 4.79 Å². The van der Waals surface area contributed by atoms with Crippen LogP contribution in [0.5, 0.6) is 0 Å². The maximum Gasteiger partial charge on any atom is 0.367 e. The molecule has 0 unspecified atom stereocenters. The number of carbonyl (C=O) groups excluding carboxylic acids is 1. The van der Waals surface area contributed by atoms with Gasteiger partial charge in [-0.15, -0.1) is 11.8 Å². The Hall–Kier alpha value is -1.32. The van der Waals surface area contributed by atoms with Gasteiger partial charge in [-0.25, -0.2) is 4.79 Å². The second kappa shape index (κ2) is 14.8. The maximum atomic E-state index is 12.7. The van der Waals surface area contributed by atoms with Gasteiger partial charge in [-0.05, 0) is 63.1 Å². The van der Waals surface area contributed by atoms with Crippen LogP contribution in [0.2, 0.25) is 0 Å².